The van der Waals surface area contributed by atoms with Crippen molar-refractivity contribution in [2.24, 2.45) is 0 Å². The van der Waals surface area contributed by atoms with E-state index in [9.17, 15) is 4.79 Å². The fourth-order valence-corrected chi connectivity index (χ4v) is 3.32. The van der Waals surface area contributed by atoms with E-state index in [0.29, 0.717) is 22.3 Å². The van der Waals surface area contributed by atoms with Crippen molar-refractivity contribution in [3.05, 3.63) is 28.2 Å². The summed E-state index contributed by atoms with van der Waals surface area (Å²) in [6.45, 7) is 0.681. The van der Waals surface area contributed by atoms with Crippen LogP contribution >= 0.6 is 15.9 Å². The van der Waals surface area contributed by atoms with Crippen molar-refractivity contribution >= 4 is 27.5 Å². The Hall–Kier alpha value is -1.07. The first-order valence-corrected chi connectivity index (χ1v) is 7.75. The molecule has 0 spiro atoms. The molecule has 3 N–H and O–H groups in total. The zero-order valence-corrected chi connectivity index (χ0v) is 13.7. The molecule has 5 heteroatoms. The van der Waals surface area contributed by atoms with Gasteiger partial charge in [-0.25, -0.2) is 0 Å². The molecule has 1 aliphatic rings. The monoisotopic (exact) mass is 339 g/mol. The van der Waals surface area contributed by atoms with Gasteiger partial charge in [0.25, 0.3) is 5.91 Å². The fraction of sp³-hybridized carbons (Fsp3) is 0.533. The van der Waals surface area contributed by atoms with E-state index in [1.54, 1.807) is 18.2 Å². The van der Waals surface area contributed by atoms with Crippen LogP contribution in [0.3, 0.4) is 0 Å². The number of rotatable bonds is 4. The molecule has 1 aliphatic carbocycles. The average molecular weight is 340 g/mol. The quantitative estimate of drug-likeness (QED) is 0.829. The lowest BCUT2D eigenvalue weighted by atomic mass is 9.96. The summed E-state index contributed by atoms with van der Waals surface area (Å²) in [5.41, 5.74) is 7.09. The zero-order valence-electron chi connectivity index (χ0n) is 12.1. The maximum absolute atomic E-state index is 12.3. The largest absolute Gasteiger partial charge is 0.398 e. The molecule has 1 saturated carbocycles. The van der Waals surface area contributed by atoms with Crippen LogP contribution in [0.15, 0.2) is 22.7 Å². The van der Waals surface area contributed by atoms with Gasteiger partial charge in [0.05, 0.1) is 10.0 Å². The first kappa shape index (κ1) is 15.3. The van der Waals surface area contributed by atoms with Crippen LogP contribution in [0.25, 0.3) is 0 Å². The number of nitrogens with two attached hydrogens (primary N) is 1. The Labute approximate surface area is 128 Å². The Morgan fingerprint density at radius 2 is 2.05 bits per heavy atom. The Morgan fingerprint density at radius 1 is 1.40 bits per heavy atom. The Balaban J connectivity index is 2.07. The van der Waals surface area contributed by atoms with E-state index >= 15 is 0 Å². The van der Waals surface area contributed by atoms with Crippen molar-refractivity contribution in [1.82, 2.24) is 10.2 Å². The molecule has 2 rings (SSSR count). The van der Waals surface area contributed by atoms with Crippen LogP contribution in [0.2, 0.25) is 0 Å². The molecule has 4 nitrogen and oxygen atoms in total. The van der Waals surface area contributed by atoms with Crippen molar-refractivity contribution < 1.29 is 4.79 Å². The SMILES string of the molecule is CN(C)C1(CNC(=O)c2cccc(N)c2Br)CCCC1. The van der Waals surface area contributed by atoms with Crippen molar-refractivity contribution in [3.8, 4) is 0 Å². The van der Waals surface area contributed by atoms with E-state index in [-0.39, 0.29) is 11.4 Å². The molecule has 1 aromatic rings. The molecule has 0 atom stereocenters. The number of carbonyl (C=O) groups excluding carboxylic acids is 1. The summed E-state index contributed by atoms with van der Waals surface area (Å²) in [5, 5.41) is 3.06. The number of halogens is 1. The van der Waals surface area contributed by atoms with Crippen molar-refractivity contribution in [2.75, 3.05) is 26.4 Å². The van der Waals surface area contributed by atoms with E-state index in [2.05, 4.69) is 40.2 Å². The number of carbonyl (C=O) groups is 1. The molecule has 1 fully saturated rings. The third-order valence-corrected chi connectivity index (χ3v) is 5.22. The second-order valence-corrected chi connectivity index (χ2v) is 6.51. The number of likely N-dealkylation sites (N-methyl/N-ethyl adjacent to an activating group) is 1. The van der Waals surface area contributed by atoms with E-state index in [1.807, 2.05) is 0 Å². The Morgan fingerprint density at radius 3 is 2.65 bits per heavy atom. The molecule has 0 saturated heterocycles. The summed E-state index contributed by atoms with van der Waals surface area (Å²) in [5.74, 6) is -0.0719. The maximum atomic E-state index is 12.3. The minimum atomic E-state index is -0.0719. The topological polar surface area (TPSA) is 58.4 Å². The number of benzene rings is 1. The fourth-order valence-electron chi connectivity index (χ4n) is 2.88. The van der Waals surface area contributed by atoms with Gasteiger partial charge in [-0.15, -0.1) is 0 Å². The molecule has 0 heterocycles. The van der Waals surface area contributed by atoms with Gasteiger partial charge in [0.2, 0.25) is 0 Å². The van der Waals surface area contributed by atoms with Crippen LogP contribution in [0, 0.1) is 0 Å². The summed E-state index contributed by atoms with van der Waals surface area (Å²) in [6.07, 6.45) is 4.74. The molecule has 110 valence electrons. The summed E-state index contributed by atoms with van der Waals surface area (Å²) < 4.78 is 0.669. The van der Waals surface area contributed by atoms with Crippen LogP contribution in [-0.2, 0) is 0 Å². The van der Waals surface area contributed by atoms with Gasteiger partial charge >= 0.3 is 0 Å². The lowest BCUT2D eigenvalue weighted by molar-refractivity contribution is 0.0899. The molecule has 0 unspecified atom stereocenters. The summed E-state index contributed by atoms with van der Waals surface area (Å²) in [6, 6.07) is 5.36. The van der Waals surface area contributed by atoms with E-state index in [4.69, 9.17) is 5.73 Å². The minimum Gasteiger partial charge on any atom is -0.398 e. The second kappa shape index (κ2) is 6.14. The molecule has 0 aliphatic heterocycles. The highest BCUT2D eigenvalue weighted by Crippen LogP contribution is 2.33. The molecule has 0 bridgehead atoms. The Kier molecular flexibility index (Phi) is 4.70. The van der Waals surface area contributed by atoms with Crippen LogP contribution < -0.4 is 11.1 Å². The molecule has 1 amide bonds. The van der Waals surface area contributed by atoms with Crippen LogP contribution in [0.4, 0.5) is 5.69 Å². The lowest BCUT2D eigenvalue weighted by Gasteiger charge is -2.36. The van der Waals surface area contributed by atoms with Gasteiger partial charge in [0.15, 0.2) is 0 Å². The first-order valence-electron chi connectivity index (χ1n) is 6.96. The van der Waals surface area contributed by atoms with Gasteiger partial charge in [0, 0.05) is 17.8 Å². The smallest absolute Gasteiger partial charge is 0.252 e. The van der Waals surface area contributed by atoms with Gasteiger partial charge in [-0.3, -0.25) is 4.79 Å². The maximum Gasteiger partial charge on any atom is 0.252 e. The number of amides is 1. The third-order valence-electron chi connectivity index (χ3n) is 4.33. The normalized spacial score (nSPS) is 17.4. The number of hydrogen-bond donors (Lipinski definition) is 2. The van der Waals surface area contributed by atoms with Crippen molar-refractivity contribution in [3.63, 3.8) is 0 Å². The van der Waals surface area contributed by atoms with Crippen molar-refractivity contribution in [2.45, 2.75) is 31.2 Å². The van der Waals surface area contributed by atoms with Crippen LogP contribution in [-0.4, -0.2) is 37.0 Å². The van der Waals surface area contributed by atoms with E-state index in [0.717, 1.165) is 12.8 Å². The average Bonchev–Trinajstić information content (AvgIpc) is 2.89. The number of nitrogen functional groups attached to an aromatic ring is 1. The van der Waals surface area contributed by atoms with Crippen LogP contribution in [0.1, 0.15) is 36.0 Å². The van der Waals surface area contributed by atoms with Gasteiger partial charge in [0.1, 0.15) is 0 Å². The molecular formula is C15H22BrN3O. The molecule has 1 aromatic carbocycles. The zero-order chi connectivity index (χ0) is 14.8. The summed E-state index contributed by atoms with van der Waals surface area (Å²) in [4.78, 5) is 14.6. The lowest BCUT2D eigenvalue weighted by Crippen LogP contribution is -2.50. The molecule has 20 heavy (non-hydrogen) atoms. The van der Waals surface area contributed by atoms with E-state index in [1.165, 1.54) is 12.8 Å². The molecule has 0 aromatic heterocycles. The van der Waals surface area contributed by atoms with Crippen molar-refractivity contribution in [1.29, 1.82) is 0 Å². The second-order valence-electron chi connectivity index (χ2n) is 5.72. The first-order chi connectivity index (χ1) is 9.46. The van der Waals surface area contributed by atoms with Crippen LogP contribution in [0.5, 0.6) is 0 Å². The highest BCUT2D eigenvalue weighted by Gasteiger charge is 2.36. The van der Waals surface area contributed by atoms with Gasteiger partial charge in [-0.2, -0.15) is 0 Å². The summed E-state index contributed by atoms with van der Waals surface area (Å²) >= 11 is 3.38. The highest BCUT2D eigenvalue weighted by atomic mass is 79.9. The van der Waals surface area contributed by atoms with E-state index < -0.39 is 0 Å². The predicted molar refractivity (Wildman–Crippen MR) is 85.8 cm³/mol. The highest BCUT2D eigenvalue weighted by molar-refractivity contribution is 9.10. The minimum absolute atomic E-state index is 0.0719. The van der Waals surface area contributed by atoms with Gasteiger partial charge in [-0.05, 0) is 55.0 Å². The van der Waals surface area contributed by atoms with Gasteiger partial charge in [-0.1, -0.05) is 18.9 Å². The standard InChI is InChI=1S/C15H22BrN3O/c1-19(2)15(8-3-4-9-15)10-18-14(20)11-6-5-7-12(17)13(11)16/h5-7H,3-4,8-10,17H2,1-2H3,(H,18,20). The Bertz CT molecular complexity index is 496. The van der Waals surface area contributed by atoms with Gasteiger partial charge < -0.3 is 16.0 Å². The molecule has 0 radical (unpaired) electrons. The predicted octanol–water partition coefficient (Wildman–Crippen LogP) is 2.64. The number of hydrogen-bond acceptors (Lipinski definition) is 3. The number of anilines is 1. The summed E-state index contributed by atoms with van der Waals surface area (Å²) in [7, 11) is 4.18. The third kappa shape index (κ3) is 2.99. The molecular weight excluding hydrogens is 318 g/mol. The number of nitrogens with one attached hydrogen (secondary N) is 1. The number of nitrogens with zero attached hydrogens (tertiary/aromatic N) is 1.